The Kier molecular flexibility index (Phi) is 4.17. The maximum atomic E-state index is 12.9. The number of ether oxygens (including phenoxy) is 1. The van der Waals surface area contributed by atoms with Crippen molar-refractivity contribution in [3.05, 3.63) is 52.6 Å². The molecule has 0 spiro atoms. The molecule has 1 saturated carbocycles. The Morgan fingerprint density at radius 1 is 1.19 bits per heavy atom. The summed E-state index contributed by atoms with van der Waals surface area (Å²) in [5.74, 6) is -0.908. The zero-order valence-corrected chi connectivity index (χ0v) is 15.2. The number of hydrogen-bond donors (Lipinski definition) is 2. The second kappa shape index (κ2) is 6.41. The fourth-order valence-corrected chi connectivity index (χ4v) is 4.45. The number of phenols is 2. The van der Waals surface area contributed by atoms with Gasteiger partial charge < -0.3 is 14.9 Å². The summed E-state index contributed by atoms with van der Waals surface area (Å²) in [4.78, 5) is 24.7. The van der Waals surface area contributed by atoms with Gasteiger partial charge in [0.05, 0.1) is 5.56 Å². The Morgan fingerprint density at radius 3 is 2.63 bits per heavy atom. The van der Waals surface area contributed by atoms with Gasteiger partial charge in [-0.25, -0.2) is 0 Å². The zero-order chi connectivity index (χ0) is 19.2. The summed E-state index contributed by atoms with van der Waals surface area (Å²) in [6.45, 7) is 2.02. The van der Waals surface area contributed by atoms with Crippen LogP contribution in [0, 0.1) is 5.92 Å². The lowest BCUT2D eigenvalue weighted by Crippen LogP contribution is -2.47. The van der Waals surface area contributed by atoms with Crippen molar-refractivity contribution in [2.24, 2.45) is 5.92 Å². The van der Waals surface area contributed by atoms with Gasteiger partial charge in [-0.2, -0.15) is 0 Å². The van der Waals surface area contributed by atoms with Crippen molar-refractivity contribution in [1.29, 1.82) is 0 Å². The summed E-state index contributed by atoms with van der Waals surface area (Å²) >= 11 is 0. The Morgan fingerprint density at radius 2 is 1.93 bits per heavy atom. The molecule has 1 aliphatic carbocycles. The summed E-state index contributed by atoms with van der Waals surface area (Å²) < 4.78 is 6.18. The molecule has 0 saturated heterocycles. The lowest BCUT2D eigenvalue weighted by molar-refractivity contribution is -0.0226. The van der Waals surface area contributed by atoms with E-state index in [1.807, 2.05) is 6.92 Å². The molecule has 1 heterocycles. The van der Waals surface area contributed by atoms with Gasteiger partial charge in [-0.15, -0.1) is 0 Å². The summed E-state index contributed by atoms with van der Waals surface area (Å²) in [6.07, 6.45) is 4.99. The largest absolute Gasteiger partial charge is 0.507 e. The number of phenolic OH excluding ortho intramolecular Hbond substituents is 2. The number of ketones is 1. The lowest BCUT2D eigenvalue weighted by Gasteiger charge is -2.46. The summed E-state index contributed by atoms with van der Waals surface area (Å²) in [5.41, 5.74) is 0.0578. The van der Waals surface area contributed by atoms with E-state index in [1.165, 1.54) is 0 Å². The van der Waals surface area contributed by atoms with Crippen molar-refractivity contribution in [3.63, 3.8) is 0 Å². The standard InChI is InChI=1S/C22H22O5/c1-22-10-6-5-9-14(22)11-15-19(25)17(18(24)13-7-3-2-4-8-13)20(26)16(12-23)21(15)27-22/h2-4,7-8,12,14,25-26H,5-6,9-11H2,1H3. The molecule has 2 unspecified atom stereocenters. The normalized spacial score (nSPS) is 23.7. The molecule has 0 bridgehead atoms. The van der Waals surface area contributed by atoms with Gasteiger partial charge in [0.15, 0.2) is 6.29 Å². The third-order valence-electron chi connectivity index (χ3n) is 6.04. The molecule has 0 radical (unpaired) electrons. The second-order valence-corrected chi connectivity index (χ2v) is 7.67. The average molecular weight is 366 g/mol. The van der Waals surface area contributed by atoms with E-state index in [0.717, 1.165) is 25.7 Å². The summed E-state index contributed by atoms with van der Waals surface area (Å²) in [7, 11) is 0. The number of fused-ring (bicyclic) bond motifs is 2. The van der Waals surface area contributed by atoms with Crippen molar-refractivity contribution in [3.8, 4) is 17.2 Å². The molecule has 2 N–H and O–H groups in total. The summed E-state index contributed by atoms with van der Waals surface area (Å²) in [6, 6.07) is 8.40. The molecule has 27 heavy (non-hydrogen) atoms. The first-order valence-electron chi connectivity index (χ1n) is 9.31. The van der Waals surface area contributed by atoms with Gasteiger partial charge in [0.2, 0.25) is 5.78 Å². The second-order valence-electron chi connectivity index (χ2n) is 7.67. The Bertz CT molecular complexity index is 918. The van der Waals surface area contributed by atoms with Crippen molar-refractivity contribution < 1.29 is 24.5 Å². The van der Waals surface area contributed by atoms with Crippen LogP contribution in [0.2, 0.25) is 0 Å². The third-order valence-corrected chi connectivity index (χ3v) is 6.04. The Balaban J connectivity index is 1.89. The predicted octanol–water partition coefficient (Wildman–Crippen LogP) is 4.03. The van der Waals surface area contributed by atoms with Crippen LogP contribution in [-0.2, 0) is 6.42 Å². The number of aldehydes is 1. The highest BCUT2D eigenvalue weighted by atomic mass is 16.5. The van der Waals surface area contributed by atoms with Gasteiger partial charge in [-0.1, -0.05) is 36.8 Å². The first-order chi connectivity index (χ1) is 13.0. The van der Waals surface area contributed by atoms with Gasteiger partial charge in [0.1, 0.15) is 28.4 Å². The number of hydrogen-bond acceptors (Lipinski definition) is 5. The molecule has 5 nitrogen and oxygen atoms in total. The van der Waals surface area contributed by atoms with E-state index < -0.39 is 17.1 Å². The molecule has 5 heteroatoms. The van der Waals surface area contributed by atoms with Gasteiger partial charge in [0.25, 0.3) is 0 Å². The minimum atomic E-state index is -0.520. The van der Waals surface area contributed by atoms with E-state index in [-0.39, 0.29) is 28.5 Å². The minimum absolute atomic E-state index is 0.0627. The Labute approximate surface area is 157 Å². The van der Waals surface area contributed by atoms with Gasteiger partial charge in [0, 0.05) is 17.0 Å². The molecular formula is C22H22O5. The first kappa shape index (κ1) is 17.6. The molecule has 140 valence electrons. The van der Waals surface area contributed by atoms with Crippen LogP contribution >= 0.6 is 0 Å². The quantitative estimate of drug-likeness (QED) is 0.633. The molecule has 2 aromatic carbocycles. The van der Waals surface area contributed by atoms with E-state index in [4.69, 9.17) is 4.74 Å². The molecule has 2 aromatic rings. The molecule has 0 amide bonds. The van der Waals surface area contributed by atoms with Crippen molar-refractivity contribution in [2.45, 2.75) is 44.6 Å². The van der Waals surface area contributed by atoms with Crippen LogP contribution < -0.4 is 4.74 Å². The van der Waals surface area contributed by atoms with E-state index in [0.29, 0.717) is 23.8 Å². The first-order valence-corrected chi connectivity index (χ1v) is 9.31. The van der Waals surface area contributed by atoms with E-state index in [9.17, 15) is 19.8 Å². The van der Waals surface area contributed by atoms with Crippen molar-refractivity contribution >= 4 is 12.1 Å². The Hall–Kier alpha value is -2.82. The lowest BCUT2D eigenvalue weighted by atomic mass is 9.71. The van der Waals surface area contributed by atoms with Crippen LogP contribution in [0.15, 0.2) is 30.3 Å². The molecule has 2 atom stereocenters. The molecule has 1 fully saturated rings. The number of carbonyl (C=O) groups is 2. The number of rotatable bonds is 3. The van der Waals surface area contributed by atoms with Crippen LogP contribution in [0.1, 0.15) is 64.4 Å². The number of carbonyl (C=O) groups excluding carboxylic acids is 2. The van der Waals surface area contributed by atoms with E-state index >= 15 is 0 Å². The average Bonchev–Trinajstić information content (AvgIpc) is 2.67. The van der Waals surface area contributed by atoms with Crippen molar-refractivity contribution in [1.82, 2.24) is 0 Å². The highest BCUT2D eigenvalue weighted by Gasteiger charge is 2.45. The predicted molar refractivity (Wildman–Crippen MR) is 99.7 cm³/mol. The highest BCUT2D eigenvalue weighted by Crippen LogP contribution is 2.52. The molecular weight excluding hydrogens is 344 g/mol. The van der Waals surface area contributed by atoms with E-state index in [2.05, 4.69) is 0 Å². The van der Waals surface area contributed by atoms with Gasteiger partial charge in [-0.3, -0.25) is 9.59 Å². The molecule has 4 rings (SSSR count). The van der Waals surface area contributed by atoms with Gasteiger partial charge in [-0.05, 0) is 32.6 Å². The molecule has 0 aromatic heterocycles. The highest BCUT2D eigenvalue weighted by molar-refractivity contribution is 6.14. The summed E-state index contributed by atoms with van der Waals surface area (Å²) in [5, 5.41) is 21.5. The van der Waals surface area contributed by atoms with Crippen LogP contribution in [0.25, 0.3) is 0 Å². The maximum Gasteiger partial charge on any atom is 0.200 e. The fraction of sp³-hybridized carbons (Fsp3) is 0.364. The maximum absolute atomic E-state index is 12.9. The molecule has 1 aliphatic heterocycles. The van der Waals surface area contributed by atoms with Crippen molar-refractivity contribution in [2.75, 3.05) is 0 Å². The van der Waals surface area contributed by atoms with Gasteiger partial charge >= 0.3 is 0 Å². The van der Waals surface area contributed by atoms with E-state index in [1.54, 1.807) is 30.3 Å². The zero-order valence-electron chi connectivity index (χ0n) is 15.2. The molecule has 2 aliphatic rings. The van der Waals surface area contributed by atoms with Crippen LogP contribution in [0.4, 0.5) is 0 Å². The number of benzene rings is 2. The van der Waals surface area contributed by atoms with Crippen LogP contribution in [-0.4, -0.2) is 27.9 Å². The number of aromatic hydroxyl groups is 2. The SMILES string of the molecule is CC12CCCCC1Cc1c(O)c(C(=O)c3ccccc3)c(O)c(C=O)c1O2. The topological polar surface area (TPSA) is 83.8 Å². The smallest absolute Gasteiger partial charge is 0.200 e. The fourth-order valence-electron chi connectivity index (χ4n) is 4.45. The third kappa shape index (κ3) is 2.69. The van der Waals surface area contributed by atoms with Crippen LogP contribution in [0.5, 0.6) is 17.2 Å². The monoisotopic (exact) mass is 366 g/mol. The minimum Gasteiger partial charge on any atom is -0.507 e. The van der Waals surface area contributed by atoms with Crippen LogP contribution in [0.3, 0.4) is 0 Å².